The van der Waals surface area contributed by atoms with Gasteiger partial charge in [0.1, 0.15) is 12.4 Å². The second-order valence-corrected chi connectivity index (χ2v) is 7.47. The third kappa shape index (κ3) is 4.22. The molecule has 1 aromatic carbocycles. The normalized spacial score (nSPS) is 23.9. The maximum atomic E-state index is 12.8. The molecule has 2 aliphatic rings. The molecule has 0 saturated carbocycles. The van der Waals surface area contributed by atoms with Gasteiger partial charge in [-0.15, -0.1) is 0 Å². The van der Waals surface area contributed by atoms with Crippen molar-refractivity contribution in [1.29, 1.82) is 0 Å². The van der Waals surface area contributed by atoms with Gasteiger partial charge in [-0.25, -0.2) is 4.79 Å². The van der Waals surface area contributed by atoms with Gasteiger partial charge in [-0.1, -0.05) is 36.4 Å². The van der Waals surface area contributed by atoms with Crippen molar-refractivity contribution in [1.82, 2.24) is 9.88 Å². The number of piperidine rings is 1. The summed E-state index contributed by atoms with van der Waals surface area (Å²) in [4.78, 5) is 31.4. The van der Waals surface area contributed by atoms with Crippen LogP contribution in [-0.2, 0) is 27.3 Å². The van der Waals surface area contributed by atoms with Crippen molar-refractivity contribution >= 4 is 11.9 Å². The van der Waals surface area contributed by atoms with Gasteiger partial charge in [0.15, 0.2) is 0 Å². The first-order valence-corrected chi connectivity index (χ1v) is 9.69. The Balaban J connectivity index is 1.37. The van der Waals surface area contributed by atoms with Crippen LogP contribution >= 0.6 is 0 Å². The SMILES string of the molecule is O=C(Cc1cccnc1)C1CC2COCC(C1)N2C(=O)OCc1ccccc1. The van der Waals surface area contributed by atoms with Crippen molar-refractivity contribution in [3.05, 3.63) is 66.0 Å². The molecule has 2 aliphatic heterocycles. The lowest BCUT2D eigenvalue weighted by Crippen LogP contribution is -2.60. The van der Waals surface area contributed by atoms with Crippen LogP contribution in [0.3, 0.4) is 0 Å². The van der Waals surface area contributed by atoms with Crippen molar-refractivity contribution in [2.45, 2.75) is 38.0 Å². The molecule has 2 saturated heterocycles. The molecule has 28 heavy (non-hydrogen) atoms. The molecule has 4 rings (SSSR count). The molecule has 2 aromatic rings. The van der Waals surface area contributed by atoms with Gasteiger partial charge < -0.3 is 9.47 Å². The number of hydrogen-bond acceptors (Lipinski definition) is 5. The van der Waals surface area contributed by atoms with Crippen molar-refractivity contribution in [3.63, 3.8) is 0 Å². The topological polar surface area (TPSA) is 68.7 Å². The van der Waals surface area contributed by atoms with Gasteiger partial charge in [0.2, 0.25) is 0 Å². The molecule has 1 amide bonds. The maximum absolute atomic E-state index is 12.8. The summed E-state index contributed by atoms with van der Waals surface area (Å²) in [6.45, 7) is 1.15. The average Bonchev–Trinajstić information content (AvgIpc) is 2.72. The van der Waals surface area contributed by atoms with E-state index in [4.69, 9.17) is 9.47 Å². The molecular weight excluding hydrogens is 356 g/mol. The Morgan fingerprint density at radius 1 is 1.04 bits per heavy atom. The number of nitrogens with zero attached hydrogens (tertiary/aromatic N) is 2. The van der Waals surface area contributed by atoms with Crippen molar-refractivity contribution in [2.24, 2.45) is 5.92 Å². The first-order valence-electron chi connectivity index (χ1n) is 9.69. The quantitative estimate of drug-likeness (QED) is 0.798. The van der Waals surface area contributed by atoms with E-state index >= 15 is 0 Å². The number of benzene rings is 1. The molecule has 6 nitrogen and oxygen atoms in total. The van der Waals surface area contributed by atoms with Crippen LogP contribution in [0.25, 0.3) is 0 Å². The van der Waals surface area contributed by atoms with Crippen LogP contribution in [0, 0.1) is 5.92 Å². The van der Waals surface area contributed by atoms with Crippen LogP contribution in [0.5, 0.6) is 0 Å². The standard InChI is InChI=1S/C22H24N2O4/c25-21(9-17-7-4-8-23-12-17)18-10-19-14-27-15-20(11-18)24(19)22(26)28-13-16-5-2-1-3-6-16/h1-8,12,18-20H,9-11,13-15H2. The van der Waals surface area contributed by atoms with Crippen LogP contribution in [0.1, 0.15) is 24.0 Å². The fraction of sp³-hybridized carbons (Fsp3) is 0.409. The van der Waals surface area contributed by atoms with Gasteiger partial charge in [-0.2, -0.15) is 0 Å². The molecule has 2 unspecified atom stereocenters. The summed E-state index contributed by atoms with van der Waals surface area (Å²) in [5.74, 6) is 0.152. The summed E-state index contributed by atoms with van der Waals surface area (Å²) in [5, 5.41) is 0. The molecule has 1 aromatic heterocycles. The molecule has 6 heteroatoms. The number of pyridine rings is 1. The summed E-state index contributed by atoms with van der Waals surface area (Å²) in [6, 6.07) is 13.2. The lowest BCUT2D eigenvalue weighted by Gasteiger charge is -2.47. The molecule has 146 valence electrons. The zero-order valence-electron chi connectivity index (χ0n) is 15.7. The smallest absolute Gasteiger partial charge is 0.410 e. The van der Waals surface area contributed by atoms with E-state index in [1.54, 1.807) is 17.3 Å². The number of carbonyl (C=O) groups is 2. The number of aromatic nitrogens is 1. The molecule has 3 heterocycles. The Kier molecular flexibility index (Phi) is 5.67. The predicted molar refractivity (Wildman–Crippen MR) is 103 cm³/mol. The Morgan fingerprint density at radius 3 is 2.43 bits per heavy atom. The van der Waals surface area contributed by atoms with Crippen molar-refractivity contribution < 1.29 is 19.1 Å². The van der Waals surface area contributed by atoms with Gasteiger partial charge in [0.05, 0.1) is 25.3 Å². The summed E-state index contributed by atoms with van der Waals surface area (Å²) in [5.41, 5.74) is 1.89. The summed E-state index contributed by atoms with van der Waals surface area (Å²) in [7, 11) is 0. The fourth-order valence-electron chi connectivity index (χ4n) is 4.12. The number of fused-ring (bicyclic) bond motifs is 2. The number of ether oxygens (including phenoxy) is 2. The zero-order chi connectivity index (χ0) is 19.3. The summed E-state index contributed by atoms with van der Waals surface area (Å²) >= 11 is 0. The van der Waals surface area contributed by atoms with E-state index in [9.17, 15) is 9.59 Å². The third-order valence-electron chi connectivity index (χ3n) is 5.49. The molecule has 0 radical (unpaired) electrons. The van der Waals surface area contributed by atoms with Crippen molar-refractivity contribution in [3.8, 4) is 0 Å². The van der Waals surface area contributed by atoms with E-state index in [-0.39, 0.29) is 36.5 Å². The van der Waals surface area contributed by atoms with Crippen LogP contribution in [0.15, 0.2) is 54.9 Å². The maximum Gasteiger partial charge on any atom is 0.410 e. The minimum atomic E-state index is -0.319. The predicted octanol–water partition coefficient (Wildman–Crippen LogP) is 3.01. The molecule has 2 bridgehead atoms. The number of hydrogen-bond donors (Lipinski definition) is 0. The monoisotopic (exact) mass is 380 g/mol. The minimum absolute atomic E-state index is 0.0581. The van der Waals surface area contributed by atoms with Crippen LogP contribution in [-0.4, -0.2) is 47.1 Å². The van der Waals surface area contributed by atoms with Crippen molar-refractivity contribution in [2.75, 3.05) is 13.2 Å². The van der Waals surface area contributed by atoms with Gasteiger partial charge >= 0.3 is 6.09 Å². The zero-order valence-corrected chi connectivity index (χ0v) is 15.7. The second kappa shape index (κ2) is 8.52. The highest BCUT2D eigenvalue weighted by molar-refractivity contribution is 5.83. The molecule has 0 spiro atoms. The van der Waals surface area contributed by atoms with E-state index in [0.717, 1.165) is 11.1 Å². The van der Waals surface area contributed by atoms with Gasteiger partial charge in [-0.05, 0) is 30.0 Å². The lowest BCUT2D eigenvalue weighted by atomic mass is 9.81. The van der Waals surface area contributed by atoms with Gasteiger partial charge in [0.25, 0.3) is 0 Å². The summed E-state index contributed by atoms with van der Waals surface area (Å²) < 4.78 is 11.2. The second-order valence-electron chi connectivity index (χ2n) is 7.47. The fourth-order valence-corrected chi connectivity index (χ4v) is 4.12. The first kappa shape index (κ1) is 18.6. The highest BCUT2D eigenvalue weighted by Crippen LogP contribution is 2.33. The molecule has 0 N–H and O–H groups in total. The van der Waals surface area contributed by atoms with Crippen LogP contribution in [0.4, 0.5) is 4.79 Å². The number of ketones is 1. The lowest BCUT2D eigenvalue weighted by molar-refractivity contribution is -0.130. The van der Waals surface area contributed by atoms with E-state index in [2.05, 4.69) is 4.98 Å². The molecular formula is C22H24N2O4. The number of rotatable bonds is 5. The minimum Gasteiger partial charge on any atom is -0.445 e. The van der Waals surface area contributed by atoms with Gasteiger partial charge in [-0.3, -0.25) is 14.7 Å². The Labute approximate surface area is 164 Å². The highest BCUT2D eigenvalue weighted by atomic mass is 16.6. The number of morpholine rings is 1. The Morgan fingerprint density at radius 2 is 1.75 bits per heavy atom. The number of amides is 1. The Bertz CT molecular complexity index is 798. The third-order valence-corrected chi connectivity index (χ3v) is 5.49. The molecule has 2 atom stereocenters. The Hall–Kier alpha value is -2.73. The summed E-state index contributed by atoms with van der Waals surface area (Å²) in [6.07, 6.45) is 4.75. The van der Waals surface area contributed by atoms with Gasteiger partial charge in [0, 0.05) is 24.7 Å². The van der Waals surface area contributed by atoms with E-state index < -0.39 is 0 Å². The number of Topliss-reactive ketones (excluding diaryl/α,β-unsaturated/α-hetero) is 1. The largest absolute Gasteiger partial charge is 0.445 e. The van der Waals surface area contributed by atoms with E-state index in [1.807, 2.05) is 42.5 Å². The van der Waals surface area contributed by atoms with Crippen LogP contribution in [0.2, 0.25) is 0 Å². The van der Waals surface area contributed by atoms with E-state index in [0.29, 0.717) is 32.5 Å². The van der Waals surface area contributed by atoms with Crippen LogP contribution < -0.4 is 0 Å². The first-order chi connectivity index (χ1) is 13.7. The highest BCUT2D eigenvalue weighted by Gasteiger charge is 2.44. The van der Waals surface area contributed by atoms with E-state index in [1.165, 1.54) is 0 Å². The molecule has 0 aliphatic carbocycles. The number of carbonyl (C=O) groups excluding carboxylic acids is 2. The molecule has 2 fully saturated rings. The average molecular weight is 380 g/mol.